The van der Waals surface area contributed by atoms with Crippen molar-refractivity contribution in [3.8, 4) is 0 Å². The first-order valence-electron chi connectivity index (χ1n) is 5.22. The fraction of sp³-hybridized carbons (Fsp3) is 0.455. The van der Waals surface area contributed by atoms with Gasteiger partial charge >= 0.3 is 0 Å². The normalized spacial score (nSPS) is 17.6. The number of aromatic amines is 1. The zero-order valence-electron chi connectivity index (χ0n) is 8.75. The molecule has 0 atom stereocenters. The average Bonchev–Trinajstić information content (AvgIpc) is 2.23. The second kappa shape index (κ2) is 4.29. The third-order valence-electron chi connectivity index (χ3n) is 2.98. The van der Waals surface area contributed by atoms with E-state index in [9.17, 15) is 9.59 Å². The average molecular weight is 241 g/mol. The molecule has 0 aromatic carbocycles. The molecule has 1 amide bonds. The predicted molar refractivity (Wildman–Crippen MR) is 61.8 cm³/mol. The summed E-state index contributed by atoms with van der Waals surface area (Å²) in [5, 5.41) is 2.90. The lowest BCUT2D eigenvalue weighted by molar-refractivity contribution is 0.0853. The molecule has 0 spiro atoms. The number of rotatable bonds is 3. The lowest BCUT2D eigenvalue weighted by Gasteiger charge is -2.40. The van der Waals surface area contributed by atoms with E-state index in [0.717, 1.165) is 19.3 Å². The smallest absolute Gasteiger partial charge is 0.252 e. The molecule has 0 radical (unpaired) electrons. The Balaban J connectivity index is 2.11. The van der Waals surface area contributed by atoms with Crippen molar-refractivity contribution in [2.75, 3.05) is 5.88 Å². The Kier molecular flexibility index (Phi) is 3.01. The van der Waals surface area contributed by atoms with Crippen LogP contribution in [0.1, 0.15) is 29.6 Å². The number of alkyl halides is 1. The molecule has 0 aliphatic heterocycles. The summed E-state index contributed by atoms with van der Waals surface area (Å²) in [7, 11) is 0. The third kappa shape index (κ3) is 2.11. The minimum atomic E-state index is -0.277. The Labute approximate surface area is 98.0 Å². The highest BCUT2D eigenvalue weighted by Gasteiger charge is 2.37. The summed E-state index contributed by atoms with van der Waals surface area (Å²) in [6.45, 7) is 0. The number of nitrogens with one attached hydrogen (secondary N) is 2. The van der Waals surface area contributed by atoms with Crippen molar-refractivity contribution in [3.63, 3.8) is 0 Å². The van der Waals surface area contributed by atoms with Crippen molar-refractivity contribution in [3.05, 3.63) is 34.2 Å². The van der Waals surface area contributed by atoms with Crippen molar-refractivity contribution in [1.82, 2.24) is 10.3 Å². The van der Waals surface area contributed by atoms with Crippen LogP contribution in [0.5, 0.6) is 0 Å². The Bertz CT molecular complexity index is 446. The molecule has 5 heteroatoms. The molecule has 0 unspecified atom stereocenters. The molecule has 86 valence electrons. The number of carbonyl (C=O) groups is 1. The Hall–Kier alpha value is -1.29. The van der Waals surface area contributed by atoms with Gasteiger partial charge in [0.15, 0.2) is 0 Å². The van der Waals surface area contributed by atoms with E-state index in [2.05, 4.69) is 10.3 Å². The highest BCUT2D eigenvalue weighted by atomic mass is 35.5. The van der Waals surface area contributed by atoms with Gasteiger partial charge in [-0.25, -0.2) is 0 Å². The second-order valence-electron chi connectivity index (χ2n) is 4.16. The number of pyridine rings is 1. The van der Waals surface area contributed by atoms with Gasteiger partial charge in [-0.05, 0) is 25.3 Å². The maximum Gasteiger partial charge on any atom is 0.252 e. The van der Waals surface area contributed by atoms with Gasteiger partial charge in [-0.1, -0.05) is 0 Å². The van der Waals surface area contributed by atoms with Gasteiger partial charge in [0.25, 0.3) is 5.91 Å². The van der Waals surface area contributed by atoms with Gasteiger partial charge in [0.1, 0.15) is 0 Å². The maximum absolute atomic E-state index is 11.8. The molecule has 2 rings (SSSR count). The van der Waals surface area contributed by atoms with Crippen LogP contribution in [-0.4, -0.2) is 22.3 Å². The van der Waals surface area contributed by atoms with Crippen molar-refractivity contribution < 1.29 is 4.79 Å². The van der Waals surface area contributed by atoms with Crippen molar-refractivity contribution in [1.29, 1.82) is 0 Å². The van der Waals surface area contributed by atoms with E-state index in [0.29, 0.717) is 11.4 Å². The van der Waals surface area contributed by atoms with E-state index < -0.39 is 0 Å². The fourth-order valence-electron chi connectivity index (χ4n) is 1.79. The van der Waals surface area contributed by atoms with Crippen LogP contribution in [-0.2, 0) is 0 Å². The molecule has 16 heavy (non-hydrogen) atoms. The quantitative estimate of drug-likeness (QED) is 0.782. The molecule has 1 saturated carbocycles. The number of amides is 1. The van der Waals surface area contributed by atoms with E-state index in [1.807, 2.05) is 0 Å². The first-order valence-corrected chi connectivity index (χ1v) is 5.76. The maximum atomic E-state index is 11.8. The lowest BCUT2D eigenvalue weighted by Crippen LogP contribution is -2.55. The van der Waals surface area contributed by atoms with Crippen LogP contribution in [0.25, 0.3) is 0 Å². The molecule has 0 bridgehead atoms. The van der Waals surface area contributed by atoms with Crippen LogP contribution in [0, 0.1) is 0 Å². The fourth-order valence-corrected chi connectivity index (χ4v) is 2.13. The van der Waals surface area contributed by atoms with Gasteiger partial charge < -0.3 is 10.3 Å². The minimum Gasteiger partial charge on any atom is -0.345 e. The van der Waals surface area contributed by atoms with Gasteiger partial charge in [0.2, 0.25) is 5.56 Å². The number of H-pyrrole nitrogens is 1. The Morgan fingerprint density at radius 3 is 2.81 bits per heavy atom. The summed E-state index contributed by atoms with van der Waals surface area (Å²) in [4.78, 5) is 25.4. The van der Waals surface area contributed by atoms with E-state index in [1.165, 1.54) is 12.3 Å². The third-order valence-corrected chi connectivity index (χ3v) is 3.49. The van der Waals surface area contributed by atoms with E-state index >= 15 is 0 Å². The van der Waals surface area contributed by atoms with Crippen molar-refractivity contribution in [2.45, 2.75) is 24.8 Å². The summed E-state index contributed by atoms with van der Waals surface area (Å²) in [5.41, 5.74) is -0.164. The van der Waals surface area contributed by atoms with Crippen molar-refractivity contribution in [2.24, 2.45) is 0 Å². The van der Waals surface area contributed by atoms with Gasteiger partial charge in [-0.3, -0.25) is 9.59 Å². The zero-order valence-corrected chi connectivity index (χ0v) is 9.51. The predicted octanol–water partition coefficient (Wildman–Crippen LogP) is 1.27. The minimum absolute atomic E-state index is 0.230. The number of carbonyl (C=O) groups excluding carboxylic acids is 1. The summed E-state index contributed by atoms with van der Waals surface area (Å²) in [5.74, 6) is 0.188. The number of halogens is 1. The molecular weight excluding hydrogens is 228 g/mol. The summed E-state index contributed by atoms with van der Waals surface area (Å²) >= 11 is 5.84. The van der Waals surface area contributed by atoms with E-state index in [4.69, 9.17) is 11.6 Å². The highest BCUT2D eigenvalue weighted by molar-refractivity contribution is 6.19. The van der Waals surface area contributed by atoms with Gasteiger partial charge in [-0.15, -0.1) is 11.6 Å². The van der Waals surface area contributed by atoms with Gasteiger partial charge in [0, 0.05) is 23.7 Å². The molecule has 1 aliphatic carbocycles. The SMILES string of the molecule is O=C(NC1(CCl)CCC1)c1cc[nH]c(=O)c1. The second-order valence-corrected chi connectivity index (χ2v) is 4.43. The van der Waals surface area contributed by atoms with E-state index in [1.54, 1.807) is 6.07 Å². The van der Waals surface area contributed by atoms with Crippen molar-refractivity contribution >= 4 is 17.5 Å². The van der Waals surface area contributed by atoms with Gasteiger partial charge in [0.05, 0.1) is 5.54 Å². The lowest BCUT2D eigenvalue weighted by atomic mass is 9.78. The van der Waals surface area contributed by atoms with Crippen LogP contribution < -0.4 is 10.9 Å². The summed E-state index contributed by atoms with van der Waals surface area (Å²) in [6, 6.07) is 2.87. The largest absolute Gasteiger partial charge is 0.345 e. The molecule has 1 fully saturated rings. The molecule has 1 aromatic rings. The van der Waals surface area contributed by atoms with Crippen LogP contribution in [0.3, 0.4) is 0 Å². The highest BCUT2D eigenvalue weighted by Crippen LogP contribution is 2.33. The summed E-state index contributed by atoms with van der Waals surface area (Å²) < 4.78 is 0. The molecule has 2 N–H and O–H groups in total. The first kappa shape index (κ1) is 11.2. The summed E-state index contributed by atoms with van der Waals surface area (Å²) in [6.07, 6.45) is 4.37. The van der Waals surface area contributed by atoms with Crippen LogP contribution in [0.4, 0.5) is 0 Å². The molecule has 1 heterocycles. The van der Waals surface area contributed by atoms with Crippen LogP contribution in [0.15, 0.2) is 23.1 Å². The molecular formula is C11H13ClN2O2. The monoisotopic (exact) mass is 240 g/mol. The number of hydrogen-bond donors (Lipinski definition) is 2. The Morgan fingerprint density at radius 2 is 2.31 bits per heavy atom. The molecule has 1 aromatic heterocycles. The first-order chi connectivity index (χ1) is 7.65. The number of hydrogen-bond acceptors (Lipinski definition) is 2. The molecule has 1 aliphatic rings. The molecule has 0 saturated heterocycles. The topological polar surface area (TPSA) is 62.0 Å². The van der Waals surface area contributed by atoms with Crippen LogP contribution in [0.2, 0.25) is 0 Å². The number of aromatic nitrogens is 1. The molecule has 4 nitrogen and oxygen atoms in total. The van der Waals surface area contributed by atoms with Gasteiger partial charge in [-0.2, -0.15) is 0 Å². The van der Waals surface area contributed by atoms with Crippen LogP contribution >= 0.6 is 11.6 Å². The zero-order chi connectivity index (χ0) is 11.6. The Morgan fingerprint density at radius 1 is 1.56 bits per heavy atom. The standard InChI is InChI=1S/C11H13ClN2O2/c12-7-11(3-1-4-11)14-10(16)8-2-5-13-9(15)6-8/h2,5-6H,1,3-4,7H2,(H,13,15)(H,14,16). The van der Waals surface area contributed by atoms with E-state index in [-0.39, 0.29) is 17.0 Å².